The molecule has 104 valence electrons. The first kappa shape index (κ1) is 15.2. The number of ether oxygens (including phenoxy) is 1. The van der Waals surface area contributed by atoms with E-state index in [1.165, 1.54) is 0 Å². The first-order valence-electron chi connectivity index (χ1n) is 6.39. The van der Waals surface area contributed by atoms with E-state index in [0.29, 0.717) is 18.7 Å². The third-order valence-corrected chi connectivity index (χ3v) is 2.56. The molecule has 0 aliphatic carbocycles. The molecule has 0 bridgehead atoms. The summed E-state index contributed by atoms with van der Waals surface area (Å²) in [6.45, 7) is 2.86. The number of hydrogen-bond acceptors (Lipinski definition) is 3. The van der Waals surface area contributed by atoms with Gasteiger partial charge in [-0.1, -0.05) is 18.6 Å². The third-order valence-electron chi connectivity index (χ3n) is 2.56. The van der Waals surface area contributed by atoms with Crippen LogP contribution in [0.4, 0.5) is 0 Å². The van der Waals surface area contributed by atoms with Gasteiger partial charge in [0, 0.05) is 6.54 Å². The molecule has 1 aromatic rings. The van der Waals surface area contributed by atoms with E-state index in [1.54, 1.807) is 31.2 Å². The first-order valence-corrected chi connectivity index (χ1v) is 6.39. The lowest BCUT2D eigenvalue weighted by Gasteiger charge is -2.09. The monoisotopic (exact) mass is 263 g/mol. The number of carbonyl (C=O) groups excluding carboxylic acids is 2. The topological polar surface area (TPSA) is 79.2 Å². The third kappa shape index (κ3) is 4.71. The van der Waals surface area contributed by atoms with Gasteiger partial charge in [-0.05, 0) is 25.5 Å². The Kier molecular flexibility index (Phi) is 6.60. The smallest absolute Gasteiger partial charge is 0.338 e. The summed E-state index contributed by atoms with van der Waals surface area (Å²) in [6, 6.07) is 6.59. The highest BCUT2D eigenvalue weighted by atomic mass is 16.5. The van der Waals surface area contributed by atoms with Crippen LogP contribution in [0.1, 0.15) is 40.5 Å². The van der Waals surface area contributed by atoms with Crippen molar-refractivity contribution in [1.82, 2.24) is 5.32 Å². The van der Waals surface area contributed by atoms with Crippen molar-refractivity contribution in [3.05, 3.63) is 41.1 Å². The molecule has 1 aromatic carbocycles. The van der Waals surface area contributed by atoms with Gasteiger partial charge in [-0.25, -0.2) is 4.79 Å². The summed E-state index contributed by atoms with van der Waals surface area (Å²) in [5, 5.41) is 2.74. The molecule has 1 amide bonds. The number of hydrogen-bond donors (Lipinski definition) is 1. The maximum Gasteiger partial charge on any atom is 0.338 e. The van der Waals surface area contributed by atoms with Gasteiger partial charge < -0.3 is 15.8 Å². The van der Waals surface area contributed by atoms with Crippen LogP contribution in [-0.2, 0) is 4.74 Å². The van der Waals surface area contributed by atoms with Crippen LogP contribution >= 0.6 is 0 Å². The molecule has 0 unspecified atom stereocenters. The van der Waals surface area contributed by atoms with Crippen LogP contribution in [0.2, 0.25) is 0 Å². The summed E-state index contributed by atoms with van der Waals surface area (Å²) in [7, 11) is 0. The Bertz CT molecular complexity index is 432. The molecular weight excluding hydrogens is 244 g/mol. The van der Waals surface area contributed by atoms with E-state index in [-0.39, 0.29) is 18.1 Å². The standard InChI is InChI=1S/C14H19N2O3/c1-2-19-14(18)12-8-4-3-7-11(12)13(17)16-10-6-5-9-15/h3-4,7-8,15H,2,5-6,9-10H2,1H3,(H,16,17)/q-1. The van der Waals surface area contributed by atoms with E-state index in [2.05, 4.69) is 5.32 Å². The Labute approximate surface area is 113 Å². The van der Waals surface area contributed by atoms with Crippen LogP contribution in [0.25, 0.3) is 5.73 Å². The second-order valence-corrected chi connectivity index (χ2v) is 3.98. The Morgan fingerprint density at radius 2 is 1.89 bits per heavy atom. The highest BCUT2D eigenvalue weighted by Gasteiger charge is 2.16. The largest absolute Gasteiger partial charge is 0.677 e. The first-order chi connectivity index (χ1) is 9.20. The van der Waals surface area contributed by atoms with Crippen LogP contribution in [0.3, 0.4) is 0 Å². The average Bonchev–Trinajstić information content (AvgIpc) is 2.43. The Balaban J connectivity index is 2.71. The molecule has 2 N–H and O–H groups in total. The highest BCUT2D eigenvalue weighted by Crippen LogP contribution is 2.10. The zero-order chi connectivity index (χ0) is 14.1. The lowest BCUT2D eigenvalue weighted by Crippen LogP contribution is -2.26. The molecule has 0 saturated heterocycles. The van der Waals surface area contributed by atoms with E-state index >= 15 is 0 Å². The summed E-state index contributed by atoms with van der Waals surface area (Å²) in [4.78, 5) is 23.7. The van der Waals surface area contributed by atoms with E-state index in [0.717, 1.165) is 12.8 Å². The molecule has 0 aromatic heterocycles. The second kappa shape index (κ2) is 8.26. The molecule has 1 rings (SSSR count). The van der Waals surface area contributed by atoms with E-state index in [9.17, 15) is 9.59 Å². The van der Waals surface area contributed by atoms with Gasteiger partial charge in [0.2, 0.25) is 0 Å². The minimum absolute atomic E-state index is 0.276. The molecule has 5 nitrogen and oxygen atoms in total. The molecular formula is C14H19N2O3-. The summed E-state index contributed by atoms with van der Waals surface area (Å²) in [5.74, 6) is -0.770. The van der Waals surface area contributed by atoms with Gasteiger partial charge in [0.1, 0.15) is 0 Å². The van der Waals surface area contributed by atoms with Crippen molar-refractivity contribution in [2.45, 2.75) is 19.8 Å². The lowest BCUT2D eigenvalue weighted by molar-refractivity contribution is 0.0522. The van der Waals surface area contributed by atoms with Gasteiger partial charge in [0.15, 0.2) is 0 Å². The summed E-state index contributed by atoms with van der Waals surface area (Å²) >= 11 is 0. The van der Waals surface area contributed by atoms with Crippen LogP contribution in [0.5, 0.6) is 0 Å². The van der Waals surface area contributed by atoms with E-state index in [1.807, 2.05) is 0 Å². The fourth-order valence-corrected chi connectivity index (χ4v) is 1.62. The number of unbranched alkanes of at least 4 members (excludes halogenated alkanes) is 1. The van der Waals surface area contributed by atoms with Gasteiger partial charge in [0.05, 0.1) is 17.7 Å². The Morgan fingerprint density at radius 3 is 2.53 bits per heavy atom. The van der Waals surface area contributed by atoms with Gasteiger partial charge >= 0.3 is 5.97 Å². The van der Waals surface area contributed by atoms with Gasteiger partial charge in [0.25, 0.3) is 5.91 Å². The zero-order valence-corrected chi connectivity index (χ0v) is 11.1. The number of nitrogens with one attached hydrogen (secondary N) is 2. The molecule has 0 radical (unpaired) electrons. The fraction of sp³-hybridized carbons (Fsp3) is 0.429. The second-order valence-electron chi connectivity index (χ2n) is 3.98. The minimum atomic E-state index is -0.487. The van der Waals surface area contributed by atoms with Crippen LogP contribution in [0, 0.1) is 0 Å². The molecule has 0 spiro atoms. The van der Waals surface area contributed by atoms with Crippen molar-refractivity contribution in [2.24, 2.45) is 0 Å². The minimum Gasteiger partial charge on any atom is -0.677 e. The molecule has 0 atom stereocenters. The van der Waals surface area contributed by atoms with Crippen molar-refractivity contribution >= 4 is 11.9 Å². The van der Waals surface area contributed by atoms with Crippen LogP contribution in [-0.4, -0.2) is 31.6 Å². The Morgan fingerprint density at radius 1 is 1.21 bits per heavy atom. The molecule has 0 fully saturated rings. The number of rotatable bonds is 7. The van der Waals surface area contributed by atoms with Gasteiger partial charge in [-0.2, -0.15) is 6.54 Å². The maximum atomic E-state index is 12.0. The number of amides is 1. The summed E-state index contributed by atoms with van der Waals surface area (Å²) in [5.41, 5.74) is 7.62. The van der Waals surface area contributed by atoms with Gasteiger partial charge in [-0.15, -0.1) is 0 Å². The number of esters is 1. The maximum absolute atomic E-state index is 12.0. The molecule has 0 aliphatic heterocycles. The zero-order valence-electron chi connectivity index (χ0n) is 11.1. The molecule has 5 heteroatoms. The predicted molar refractivity (Wildman–Crippen MR) is 73.2 cm³/mol. The van der Waals surface area contributed by atoms with Crippen LogP contribution < -0.4 is 5.32 Å². The highest BCUT2D eigenvalue weighted by molar-refractivity contribution is 6.05. The number of benzene rings is 1. The normalized spacial score (nSPS) is 10.0. The van der Waals surface area contributed by atoms with Crippen molar-refractivity contribution in [2.75, 3.05) is 19.7 Å². The van der Waals surface area contributed by atoms with Crippen molar-refractivity contribution < 1.29 is 14.3 Å². The van der Waals surface area contributed by atoms with E-state index in [4.69, 9.17) is 10.5 Å². The molecule has 0 aliphatic rings. The lowest BCUT2D eigenvalue weighted by atomic mass is 10.1. The van der Waals surface area contributed by atoms with E-state index < -0.39 is 5.97 Å². The summed E-state index contributed by atoms with van der Waals surface area (Å²) < 4.78 is 4.92. The van der Waals surface area contributed by atoms with Crippen molar-refractivity contribution in [3.63, 3.8) is 0 Å². The Hall–Kier alpha value is -1.88. The predicted octanol–water partition coefficient (Wildman–Crippen LogP) is 2.43. The number of carbonyl (C=O) groups is 2. The van der Waals surface area contributed by atoms with Crippen molar-refractivity contribution in [1.29, 1.82) is 0 Å². The van der Waals surface area contributed by atoms with Crippen molar-refractivity contribution in [3.8, 4) is 0 Å². The quantitative estimate of drug-likeness (QED) is 0.606. The van der Waals surface area contributed by atoms with Crippen LogP contribution in [0.15, 0.2) is 24.3 Å². The molecule has 0 saturated carbocycles. The average molecular weight is 263 g/mol. The summed E-state index contributed by atoms with van der Waals surface area (Å²) in [6.07, 6.45) is 1.51. The van der Waals surface area contributed by atoms with Gasteiger partial charge in [-0.3, -0.25) is 4.79 Å². The fourth-order valence-electron chi connectivity index (χ4n) is 1.62. The molecule has 19 heavy (non-hydrogen) atoms. The molecule has 0 heterocycles. The SMILES string of the molecule is CCOC(=O)c1ccccc1C(=O)NCCCC[NH-].